The predicted molar refractivity (Wildman–Crippen MR) is 127 cm³/mol. The number of carbonyl (C=O) groups is 2. The molecule has 4 rings (SSSR count). The molecular formula is C24H24N4O3S. The van der Waals surface area contributed by atoms with Crippen LogP contribution >= 0.6 is 11.3 Å². The van der Waals surface area contributed by atoms with Crippen molar-refractivity contribution in [1.29, 1.82) is 0 Å². The number of benzene rings is 2. The van der Waals surface area contributed by atoms with E-state index in [0.717, 1.165) is 27.7 Å². The summed E-state index contributed by atoms with van der Waals surface area (Å²) in [6.45, 7) is 3.97. The predicted octanol–water partition coefficient (Wildman–Crippen LogP) is 4.90. The molecule has 0 bridgehead atoms. The van der Waals surface area contributed by atoms with Crippen molar-refractivity contribution in [2.24, 2.45) is 0 Å². The lowest BCUT2D eigenvalue weighted by Crippen LogP contribution is -2.45. The summed E-state index contributed by atoms with van der Waals surface area (Å²) in [6, 6.07) is 15.1. The number of anilines is 1. The van der Waals surface area contributed by atoms with Gasteiger partial charge < -0.3 is 20.4 Å². The van der Waals surface area contributed by atoms with Crippen LogP contribution in [0.15, 0.2) is 60.1 Å². The number of alkyl carbamates (subject to hydrolysis) is 1. The molecular weight excluding hydrogens is 424 g/mol. The second kappa shape index (κ2) is 9.65. The number of H-pyrrole nitrogens is 1. The Bertz CT molecular complexity index is 1230. The second-order valence-corrected chi connectivity index (χ2v) is 8.23. The van der Waals surface area contributed by atoms with Crippen LogP contribution in [0.5, 0.6) is 0 Å². The summed E-state index contributed by atoms with van der Waals surface area (Å²) in [5, 5.41) is 8.89. The van der Waals surface area contributed by atoms with E-state index in [-0.39, 0.29) is 12.5 Å². The molecule has 3 N–H and O–H groups in total. The van der Waals surface area contributed by atoms with Gasteiger partial charge in [0, 0.05) is 34.5 Å². The summed E-state index contributed by atoms with van der Waals surface area (Å²) >= 11 is 1.34. The highest BCUT2D eigenvalue weighted by molar-refractivity contribution is 7.14. The molecule has 0 unspecified atom stereocenters. The van der Waals surface area contributed by atoms with Crippen molar-refractivity contribution in [2.45, 2.75) is 26.3 Å². The molecule has 2 aromatic heterocycles. The van der Waals surface area contributed by atoms with Gasteiger partial charge in [0.25, 0.3) is 0 Å². The number of aromatic nitrogens is 2. The molecule has 2 heterocycles. The number of carbonyl (C=O) groups excluding carboxylic acids is 2. The summed E-state index contributed by atoms with van der Waals surface area (Å²) in [6.07, 6.45) is 1.54. The van der Waals surface area contributed by atoms with Gasteiger partial charge in [-0.3, -0.25) is 4.79 Å². The Morgan fingerprint density at radius 1 is 1.16 bits per heavy atom. The van der Waals surface area contributed by atoms with Gasteiger partial charge in [0.2, 0.25) is 5.91 Å². The van der Waals surface area contributed by atoms with Crippen molar-refractivity contribution in [3.8, 4) is 11.3 Å². The maximum atomic E-state index is 13.1. The third kappa shape index (κ3) is 4.97. The molecule has 0 radical (unpaired) electrons. The first kappa shape index (κ1) is 21.6. The van der Waals surface area contributed by atoms with Gasteiger partial charge in [-0.1, -0.05) is 48.0 Å². The Labute approximate surface area is 189 Å². The quantitative estimate of drug-likeness (QED) is 0.375. The monoisotopic (exact) mass is 448 g/mol. The minimum absolute atomic E-state index is 0.222. The number of aryl methyl sites for hydroxylation is 1. The first-order valence-electron chi connectivity index (χ1n) is 10.3. The Hall–Kier alpha value is -3.65. The third-order valence-corrected chi connectivity index (χ3v) is 5.82. The van der Waals surface area contributed by atoms with Crippen molar-refractivity contribution < 1.29 is 14.3 Å². The van der Waals surface area contributed by atoms with E-state index >= 15 is 0 Å². The highest BCUT2D eigenvalue weighted by atomic mass is 32.1. The number of nitrogens with one attached hydrogen (secondary N) is 3. The number of fused-ring (bicyclic) bond motifs is 1. The minimum atomic E-state index is -0.819. The van der Waals surface area contributed by atoms with Crippen molar-refractivity contribution >= 4 is 39.4 Å². The number of hydrogen-bond acceptors (Lipinski definition) is 5. The average Bonchev–Trinajstić information content (AvgIpc) is 3.41. The number of aromatic amines is 1. The van der Waals surface area contributed by atoms with E-state index in [1.165, 1.54) is 16.9 Å². The molecule has 0 saturated carbocycles. The lowest BCUT2D eigenvalue weighted by molar-refractivity contribution is -0.118. The van der Waals surface area contributed by atoms with Crippen LogP contribution in [0.25, 0.3) is 22.2 Å². The summed E-state index contributed by atoms with van der Waals surface area (Å²) in [5.74, 6) is -0.354. The number of para-hydroxylation sites is 1. The van der Waals surface area contributed by atoms with E-state index in [0.29, 0.717) is 11.6 Å². The standard InChI is InChI=1S/C24H24N4O3S/c1-3-31-24(30)27-20(12-17-13-25-19-7-5-4-6-18(17)19)22(29)28-23-26-21(14-32-23)16-10-8-15(2)9-11-16/h4-11,13-14,20,25H,3,12H2,1-2H3,(H,27,30)(H,26,28,29)/t20-/m1/s1. The minimum Gasteiger partial charge on any atom is -0.450 e. The fourth-order valence-electron chi connectivity index (χ4n) is 3.43. The molecule has 164 valence electrons. The molecule has 0 fully saturated rings. The fourth-order valence-corrected chi connectivity index (χ4v) is 4.15. The van der Waals surface area contributed by atoms with Gasteiger partial charge in [0.1, 0.15) is 6.04 Å². The topological polar surface area (TPSA) is 96.1 Å². The molecule has 1 atom stereocenters. The van der Waals surface area contributed by atoms with Crippen LogP contribution in [-0.2, 0) is 16.0 Å². The highest BCUT2D eigenvalue weighted by Gasteiger charge is 2.24. The van der Waals surface area contributed by atoms with Crippen LogP contribution in [0.2, 0.25) is 0 Å². The molecule has 7 nitrogen and oxygen atoms in total. The van der Waals surface area contributed by atoms with E-state index in [4.69, 9.17) is 4.74 Å². The zero-order valence-corrected chi connectivity index (χ0v) is 18.7. The van der Waals surface area contributed by atoms with Gasteiger partial charge >= 0.3 is 6.09 Å². The van der Waals surface area contributed by atoms with E-state index in [9.17, 15) is 9.59 Å². The smallest absolute Gasteiger partial charge is 0.407 e. The Morgan fingerprint density at radius 2 is 1.94 bits per heavy atom. The van der Waals surface area contributed by atoms with Gasteiger partial charge in [0.15, 0.2) is 5.13 Å². The van der Waals surface area contributed by atoms with Crippen molar-refractivity contribution in [1.82, 2.24) is 15.3 Å². The molecule has 0 aliphatic rings. The lowest BCUT2D eigenvalue weighted by Gasteiger charge is -2.17. The van der Waals surface area contributed by atoms with Crippen LogP contribution in [0.3, 0.4) is 0 Å². The zero-order chi connectivity index (χ0) is 22.5. The Balaban J connectivity index is 1.52. The summed E-state index contributed by atoms with van der Waals surface area (Å²) < 4.78 is 5.00. The van der Waals surface area contributed by atoms with Crippen LogP contribution in [0.1, 0.15) is 18.1 Å². The van der Waals surface area contributed by atoms with Crippen LogP contribution in [-0.4, -0.2) is 34.6 Å². The molecule has 0 aliphatic carbocycles. The highest BCUT2D eigenvalue weighted by Crippen LogP contribution is 2.26. The normalized spacial score (nSPS) is 11.8. The van der Waals surface area contributed by atoms with E-state index in [2.05, 4.69) is 20.6 Å². The average molecular weight is 449 g/mol. The number of amides is 2. The van der Waals surface area contributed by atoms with E-state index in [1.54, 1.807) is 6.92 Å². The van der Waals surface area contributed by atoms with Crippen LogP contribution in [0.4, 0.5) is 9.93 Å². The number of nitrogens with zero attached hydrogens (tertiary/aromatic N) is 1. The number of rotatable bonds is 7. The molecule has 32 heavy (non-hydrogen) atoms. The number of ether oxygens (including phenoxy) is 1. The maximum absolute atomic E-state index is 13.1. The summed E-state index contributed by atoms with van der Waals surface area (Å²) in [5.41, 5.74) is 4.84. The molecule has 8 heteroatoms. The van der Waals surface area contributed by atoms with Crippen LogP contribution < -0.4 is 10.6 Å². The molecule has 2 aromatic carbocycles. The number of hydrogen-bond donors (Lipinski definition) is 3. The van der Waals surface area contributed by atoms with Crippen molar-refractivity contribution in [3.63, 3.8) is 0 Å². The molecule has 0 spiro atoms. The van der Waals surface area contributed by atoms with Crippen molar-refractivity contribution in [3.05, 3.63) is 71.2 Å². The second-order valence-electron chi connectivity index (χ2n) is 7.37. The van der Waals surface area contributed by atoms with Crippen LogP contribution in [0, 0.1) is 6.92 Å². The Kier molecular flexibility index (Phi) is 6.51. The molecule has 2 amide bonds. The largest absolute Gasteiger partial charge is 0.450 e. The lowest BCUT2D eigenvalue weighted by atomic mass is 10.0. The first-order valence-corrected chi connectivity index (χ1v) is 11.2. The van der Waals surface area contributed by atoms with Crippen molar-refractivity contribution in [2.75, 3.05) is 11.9 Å². The van der Waals surface area contributed by atoms with Gasteiger partial charge in [-0.25, -0.2) is 9.78 Å². The third-order valence-electron chi connectivity index (χ3n) is 5.06. The maximum Gasteiger partial charge on any atom is 0.407 e. The number of thiazole rings is 1. The first-order chi connectivity index (χ1) is 15.5. The van der Waals surface area contributed by atoms with Gasteiger partial charge in [-0.15, -0.1) is 11.3 Å². The summed E-state index contributed by atoms with van der Waals surface area (Å²) in [4.78, 5) is 32.9. The van der Waals surface area contributed by atoms with Gasteiger partial charge in [-0.2, -0.15) is 0 Å². The van der Waals surface area contributed by atoms with Gasteiger partial charge in [0.05, 0.1) is 12.3 Å². The van der Waals surface area contributed by atoms with Gasteiger partial charge in [-0.05, 0) is 25.5 Å². The zero-order valence-electron chi connectivity index (χ0n) is 17.8. The molecule has 4 aromatic rings. The molecule has 0 aliphatic heterocycles. The fraction of sp³-hybridized carbons (Fsp3) is 0.208. The van der Waals surface area contributed by atoms with E-state index in [1.807, 2.05) is 67.0 Å². The van der Waals surface area contributed by atoms with E-state index < -0.39 is 12.1 Å². The molecule has 0 saturated heterocycles. The summed E-state index contributed by atoms with van der Waals surface area (Å²) in [7, 11) is 0. The Morgan fingerprint density at radius 3 is 2.72 bits per heavy atom. The SMILES string of the molecule is CCOC(=O)N[C@H](Cc1c[nH]c2ccccc12)C(=O)Nc1nc(-c2ccc(C)cc2)cs1.